The molecule has 1 aromatic rings. The van der Waals surface area contributed by atoms with E-state index < -0.39 is 11.6 Å². The largest absolute Gasteiger partial charge is 0.323 e. The van der Waals surface area contributed by atoms with Gasteiger partial charge in [-0.1, -0.05) is 12.5 Å². The summed E-state index contributed by atoms with van der Waals surface area (Å²) in [6.07, 6.45) is 3.46. The summed E-state index contributed by atoms with van der Waals surface area (Å²) in [5.41, 5.74) is 6.77. The fraction of sp³-hybridized carbons (Fsp3) is 0.500. The van der Waals surface area contributed by atoms with Crippen LogP contribution < -0.4 is 5.73 Å². The minimum absolute atomic E-state index is 0.194. The van der Waals surface area contributed by atoms with Gasteiger partial charge in [0.1, 0.15) is 0 Å². The van der Waals surface area contributed by atoms with Crippen LogP contribution in [0.2, 0.25) is 0 Å². The molecule has 1 nitrogen and oxygen atoms in total. The Morgan fingerprint density at radius 1 is 1.25 bits per heavy atom. The average Bonchev–Trinajstić information content (AvgIpc) is 2.33. The molecule has 0 radical (unpaired) electrons. The summed E-state index contributed by atoms with van der Waals surface area (Å²) < 4.78 is 25.9. The second-order valence-corrected chi connectivity index (χ2v) is 5.45. The predicted octanol–water partition coefficient (Wildman–Crippen LogP) is 3.25. The van der Waals surface area contributed by atoms with Gasteiger partial charge in [-0.25, -0.2) is 8.78 Å². The SMILES string of the molecule is NC(c1ccc(F)c(F)c1)C1CCCCS1. The molecule has 0 bridgehead atoms. The summed E-state index contributed by atoms with van der Waals surface area (Å²) in [4.78, 5) is 0. The number of nitrogens with two attached hydrogens (primary N) is 1. The van der Waals surface area contributed by atoms with Gasteiger partial charge in [0.25, 0.3) is 0 Å². The van der Waals surface area contributed by atoms with Crippen LogP contribution in [0.4, 0.5) is 8.78 Å². The Hall–Kier alpha value is -0.610. The zero-order chi connectivity index (χ0) is 11.5. The summed E-state index contributed by atoms with van der Waals surface area (Å²) in [5.74, 6) is -0.511. The van der Waals surface area contributed by atoms with E-state index in [4.69, 9.17) is 5.73 Å². The van der Waals surface area contributed by atoms with E-state index in [-0.39, 0.29) is 6.04 Å². The molecule has 16 heavy (non-hydrogen) atoms. The van der Waals surface area contributed by atoms with Crippen LogP contribution in [0.3, 0.4) is 0 Å². The van der Waals surface area contributed by atoms with E-state index in [1.54, 1.807) is 6.07 Å². The molecule has 0 aromatic heterocycles. The quantitative estimate of drug-likeness (QED) is 0.863. The highest BCUT2D eigenvalue weighted by Crippen LogP contribution is 2.33. The molecule has 0 saturated carbocycles. The molecule has 2 unspecified atom stereocenters. The zero-order valence-electron chi connectivity index (χ0n) is 8.96. The van der Waals surface area contributed by atoms with Crippen molar-refractivity contribution in [2.24, 2.45) is 5.73 Å². The zero-order valence-corrected chi connectivity index (χ0v) is 9.77. The van der Waals surface area contributed by atoms with Crippen molar-refractivity contribution in [3.63, 3.8) is 0 Å². The van der Waals surface area contributed by atoms with Crippen LogP contribution in [-0.2, 0) is 0 Å². The van der Waals surface area contributed by atoms with Gasteiger partial charge >= 0.3 is 0 Å². The van der Waals surface area contributed by atoms with E-state index in [1.807, 2.05) is 11.8 Å². The molecule has 2 atom stereocenters. The second kappa shape index (κ2) is 5.15. The van der Waals surface area contributed by atoms with Crippen molar-refractivity contribution >= 4 is 11.8 Å². The molecule has 1 fully saturated rings. The first-order valence-electron chi connectivity index (χ1n) is 5.50. The molecule has 0 aliphatic carbocycles. The molecule has 1 saturated heterocycles. The number of thioether (sulfide) groups is 1. The first-order chi connectivity index (χ1) is 7.68. The Morgan fingerprint density at radius 3 is 2.69 bits per heavy atom. The molecule has 1 aromatic carbocycles. The number of halogens is 2. The molecule has 0 spiro atoms. The Bertz CT molecular complexity index is 364. The van der Waals surface area contributed by atoms with Gasteiger partial charge in [0.2, 0.25) is 0 Å². The highest BCUT2D eigenvalue weighted by Gasteiger charge is 2.23. The van der Waals surface area contributed by atoms with Crippen molar-refractivity contribution in [1.82, 2.24) is 0 Å². The third kappa shape index (κ3) is 2.55. The van der Waals surface area contributed by atoms with Crippen molar-refractivity contribution in [3.8, 4) is 0 Å². The minimum Gasteiger partial charge on any atom is -0.323 e. The van der Waals surface area contributed by atoms with Gasteiger partial charge in [0, 0.05) is 11.3 Å². The fourth-order valence-corrected chi connectivity index (χ4v) is 3.35. The maximum atomic E-state index is 13.1. The van der Waals surface area contributed by atoms with E-state index in [0.29, 0.717) is 10.8 Å². The molecule has 1 aliphatic heterocycles. The minimum atomic E-state index is -0.813. The summed E-state index contributed by atoms with van der Waals surface area (Å²) in [5, 5.41) is 0.332. The van der Waals surface area contributed by atoms with E-state index in [1.165, 1.54) is 18.9 Å². The van der Waals surface area contributed by atoms with E-state index in [9.17, 15) is 8.78 Å². The van der Waals surface area contributed by atoms with Crippen molar-refractivity contribution in [1.29, 1.82) is 0 Å². The van der Waals surface area contributed by atoms with Gasteiger partial charge in [-0.05, 0) is 36.3 Å². The monoisotopic (exact) mass is 243 g/mol. The maximum absolute atomic E-state index is 13.1. The highest BCUT2D eigenvalue weighted by molar-refractivity contribution is 8.00. The van der Waals surface area contributed by atoms with Crippen LogP contribution in [0.15, 0.2) is 18.2 Å². The lowest BCUT2D eigenvalue weighted by Gasteiger charge is -2.27. The van der Waals surface area contributed by atoms with Gasteiger partial charge < -0.3 is 5.73 Å². The number of hydrogen-bond donors (Lipinski definition) is 1. The van der Waals surface area contributed by atoms with Crippen LogP contribution in [0.5, 0.6) is 0 Å². The van der Waals surface area contributed by atoms with Crippen molar-refractivity contribution in [2.45, 2.75) is 30.6 Å². The molecule has 4 heteroatoms. The number of hydrogen-bond acceptors (Lipinski definition) is 2. The van der Waals surface area contributed by atoms with Crippen molar-refractivity contribution < 1.29 is 8.78 Å². The average molecular weight is 243 g/mol. The summed E-state index contributed by atoms with van der Waals surface area (Å²) in [6.45, 7) is 0. The Balaban J connectivity index is 2.12. The van der Waals surface area contributed by atoms with Crippen LogP contribution in [0.25, 0.3) is 0 Å². The fourth-order valence-electron chi connectivity index (χ4n) is 1.98. The lowest BCUT2D eigenvalue weighted by atomic mass is 10.0. The molecular weight excluding hydrogens is 228 g/mol. The highest BCUT2D eigenvalue weighted by atomic mass is 32.2. The van der Waals surface area contributed by atoms with E-state index in [0.717, 1.165) is 18.2 Å². The Labute approximate surface area is 98.4 Å². The van der Waals surface area contributed by atoms with Crippen LogP contribution in [0.1, 0.15) is 30.9 Å². The maximum Gasteiger partial charge on any atom is 0.159 e. The van der Waals surface area contributed by atoms with Gasteiger partial charge in [0.15, 0.2) is 11.6 Å². The first-order valence-corrected chi connectivity index (χ1v) is 6.55. The number of benzene rings is 1. The standard InChI is InChI=1S/C12H15F2NS/c13-9-5-4-8(7-10(9)14)12(15)11-3-1-2-6-16-11/h4-5,7,11-12H,1-3,6,15H2. The van der Waals surface area contributed by atoms with E-state index >= 15 is 0 Å². The molecule has 88 valence electrons. The number of rotatable bonds is 2. The molecule has 2 N–H and O–H groups in total. The third-order valence-electron chi connectivity index (χ3n) is 2.94. The molecule has 1 heterocycles. The smallest absolute Gasteiger partial charge is 0.159 e. The topological polar surface area (TPSA) is 26.0 Å². The Kier molecular flexibility index (Phi) is 3.82. The Morgan fingerprint density at radius 2 is 2.06 bits per heavy atom. The van der Waals surface area contributed by atoms with Gasteiger partial charge in [-0.2, -0.15) is 11.8 Å². The van der Waals surface area contributed by atoms with Gasteiger partial charge in [-0.3, -0.25) is 0 Å². The molecule has 2 rings (SSSR count). The van der Waals surface area contributed by atoms with Gasteiger partial charge in [-0.15, -0.1) is 0 Å². The lowest BCUT2D eigenvalue weighted by molar-refractivity contribution is 0.502. The van der Waals surface area contributed by atoms with Crippen molar-refractivity contribution in [3.05, 3.63) is 35.4 Å². The molecule has 1 aliphatic rings. The molecule has 0 amide bonds. The van der Waals surface area contributed by atoms with Gasteiger partial charge in [0.05, 0.1) is 0 Å². The van der Waals surface area contributed by atoms with Crippen LogP contribution in [-0.4, -0.2) is 11.0 Å². The van der Waals surface area contributed by atoms with Crippen LogP contribution in [0, 0.1) is 11.6 Å². The van der Waals surface area contributed by atoms with E-state index in [2.05, 4.69) is 0 Å². The third-order valence-corrected chi connectivity index (χ3v) is 4.43. The molecular formula is C12H15F2NS. The van der Waals surface area contributed by atoms with Crippen LogP contribution >= 0.6 is 11.8 Å². The first kappa shape index (κ1) is 11.9. The summed E-state index contributed by atoms with van der Waals surface area (Å²) in [7, 11) is 0. The summed E-state index contributed by atoms with van der Waals surface area (Å²) >= 11 is 1.83. The second-order valence-electron chi connectivity index (χ2n) is 4.10. The lowest BCUT2D eigenvalue weighted by Crippen LogP contribution is -2.26. The summed E-state index contributed by atoms with van der Waals surface area (Å²) in [6, 6.07) is 3.76. The predicted molar refractivity (Wildman–Crippen MR) is 63.4 cm³/mol. The normalized spacial score (nSPS) is 23.1. The van der Waals surface area contributed by atoms with Crippen molar-refractivity contribution in [2.75, 3.05) is 5.75 Å².